The molecule has 0 saturated carbocycles. The summed E-state index contributed by atoms with van der Waals surface area (Å²) < 4.78 is 2.50. The third kappa shape index (κ3) is 2.22. The molecule has 0 radical (unpaired) electrons. The number of halogens is 1. The molecular weight excluding hydrogens is 286 g/mol. The molecule has 0 atom stereocenters. The van der Waals surface area contributed by atoms with Crippen LogP contribution >= 0.6 is 22.9 Å². The Morgan fingerprint density at radius 3 is 3.00 bits per heavy atom. The number of thiazole rings is 1. The minimum absolute atomic E-state index is 0.262. The van der Waals surface area contributed by atoms with Crippen LogP contribution in [0.4, 0.5) is 5.69 Å². The van der Waals surface area contributed by atoms with Gasteiger partial charge in [0.05, 0.1) is 15.4 Å². The molecule has 3 heterocycles. The van der Waals surface area contributed by atoms with Crippen molar-refractivity contribution in [2.75, 3.05) is 5.32 Å². The second-order valence-electron chi connectivity index (χ2n) is 4.09. The summed E-state index contributed by atoms with van der Waals surface area (Å²) in [6.07, 6.45) is 1.65. The Bertz CT molecular complexity index is 740. The Labute approximate surface area is 117 Å². The SMILES string of the molecule is Cc1nc2[nH]c(C(=O)Nc3cn(C)nc3Cl)cc2s1. The molecule has 0 aromatic carbocycles. The van der Waals surface area contributed by atoms with Gasteiger partial charge < -0.3 is 10.3 Å². The molecule has 8 heteroatoms. The Morgan fingerprint density at radius 2 is 2.37 bits per heavy atom. The van der Waals surface area contributed by atoms with Crippen molar-refractivity contribution in [1.82, 2.24) is 19.7 Å². The molecule has 3 rings (SSSR count). The van der Waals surface area contributed by atoms with Gasteiger partial charge >= 0.3 is 0 Å². The maximum atomic E-state index is 12.1. The maximum Gasteiger partial charge on any atom is 0.272 e. The maximum absolute atomic E-state index is 12.1. The molecule has 0 aliphatic heterocycles. The minimum Gasteiger partial charge on any atom is -0.334 e. The van der Waals surface area contributed by atoms with E-state index in [0.29, 0.717) is 11.4 Å². The molecule has 19 heavy (non-hydrogen) atoms. The molecule has 6 nitrogen and oxygen atoms in total. The van der Waals surface area contributed by atoms with Gasteiger partial charge in [-0.2, -0.15) is 5.10 Å². The highest BCUT2D eigenvalue weighted by Gasteiger charge is 2.14. The van der Waals surface area contributed by atoms with Crippen LogP contribution in [0, 0.1) is 6.92 Å². The van der Waals surface area contributed by atoms with Crippen LogP contribution in [0.1, 0.15) is 15.5 Å². The van der Waals surface area contributed by atoms with Gasteiger partial charge in [-0.25, -0.2) is 4.98 Å². The molecule has 98 valence electrons. The van der Waals surface area contributed by atoms with Gasteiger partial charge in [-0.15, -0.1) is 11.3 Å². The number of nitrogens with zero attached hydrogens (tertiary/aromatic N) is 3. The average Bonchev–Trinajstić information content (AvgIpc) is 2.92. The summed E-state index contributed by atoms with van der Waals surface area (Å²) in [7, 11) is 1.73. The van der Waals surface area contributed by atoms with Crippen molar-refractivity contribution in [2.45, 2.75) is 6.92 Å². The van der Waals surface area contributed by atoms with Gasteiger partial charge in [0.15, 0.2) is 5.15 Å². The zero-order chi connectivity index (χ0) is 13.6. The van der Waals surface area contributed by atoms with E-state index in [1.54, 1.807) is 19.3 Å². The van der Waals surface area contributed by atoms with Crippen molar-refractivity contribution >= 4 is 44.9 Å². The molecule has 0 spiro atoms. The van der Waals surface area contributed by atoms with Gasteiger partial charge in [0, 0.05) is 13.2 Å². The second-order valence-corrected chi connectivity index (χ2v) is 5.68. The summed E-state index contributed by atoms with van der Waals surface area (Å²) >= 11 is 7.43. The summed E-state index contributed by atoms with van der Waals surface area (Å²) in [5.74, 6) is -0.266. The molecule has 0 fully saturated rings. The number of aromatic nitrogens is 4. The lowest BCUT2D eigenvalue weighted by atomic mass is 10.4. The van der Waals surface area contributed by atoms with Gasteiger partial charge in [0.25, 0.3) is 5.91 Å². The zero-order valence-electron chi connectivity index (χ0n) is 10.2. The smallest absolute Gasteiger partial charge is 0.272 e. The van der Waals surface area contributed by atoms with Crippen LogP contribution < -0.4 is 5.32 Å². The molecule has 2 N–H and O–H groups in total. The lowest BCUT2D eigenvalue weighted by Crippen LogP contribution is -2.12. The van der Waals surface area contributed by atoms with Crippen molar-refractivity contribution in [3.63, 3.8) is 0 Å². The third-order valence-corrected chi connectivity index (χ3v) is 3.76. The van der Waals surface area contributed by atoms with Crippen molar-refractivity contribution in [3.05, 3.63) is 28.1 Å². The first kappa shape index (κ1) is 12.2. The molecule has 3 aromatic heterocycles. The molecule has 0 aliphatic rings. The van der Waals surface area contributed by atoms with E-state index in [0.717, 1.165) is 15.4 Å². The number of fused-ring (bicyclic) bond motifs is 1. The molecule has 3 aromatic rings. The number of carbonyl (C=O) groups excluding carboxylic acids is 1. The molecule has 1 amide bonds. The third-order valence-electron chi connectivity index (χ3n) is 2.57. The Balaban J connectivity index is 1.87. The first-order valence-electron chi connectivity index (χ1n) is 5.49. The largest absolute Gasteiger partial charge is 0.334 e. The molecule has 0 bridgehead atoms. The monoisotopic (exact) mass is 295 g/mol. The summed E-state index contributed by atoms with van der Waals surface area (Å²) in [4.78, 5) is 19.3. The lowest BCUT2D eigenvalue weighted by molar-refractivity contribution is 0.102. The standard InChI is InChI=1S/C11H10ClN5OS/c1-5-13-10-8(19-5)3-6(14-10)11(18)15-7-4-17(2)16-9(7)12/h3-4,14H,1-2H3,(H,15,18). The van der Waals surface area contributed by atoms with Crippen LogP contribution in [-0.2, 0) is 7.05 Å². The van der Waals surface area contributed by atoms with Crippen molar-refractivity contribution in [3.8, 4) is 0 Å². The van der Waals surface area contributed by atoms with Gasteiger partial charge in [-0.1, -0.05) is 11.6 Å². The first-order valence-corrected chi connectivity index (χ1v) is 6.69. The summed E-state index contributed by atoms with van der Waals surface area (Å²) in [5.41, 5.74) is 1.66. The van der Waals surface area contributed by atoms with Gasteiger partial charge in [-0.3, -0.25) is 9.48 Å². The summed E-state index contributed by atoms with van der Waals surface area (Å²) in [6, 6.07) is 1.78. The Hall–Kier alpha value is -1.86. The van der Waals surface area contributed by atoms with Crippen LogP contribution in [-0.4, -0.2) is 25.7 Å². The highest BCUT2D eigenvalue weighted by molar-refractivity contribution is 7.18. The fraction of sp³-hybridized carbons (Fsp3) is 0.182. The molecule has 0 aliphatic carbocycles. The topological polar surface area (TPSA) is 75.6 Å². The predicted molar refractivity (Wildman–Crippen MR) is 74.9 cm³/mol. The number of anilines is 1. The van der Waals surface area contributed by atoms with Crippen LogP contribution in [0.2, 0.25) is 5.15 Å². The first-order chi connectivity index (χ1) is 9.02. The van der Waals surface area contributed by atoms with E-state index in [2.05, 4.69) is 20.4 Å². The lowest BCUT2D eigenvalue weighted by Gasteiger charge is -1.99. The number of H-pyrrole nitrogens is 1. The molecule has 0 unspecified atom stereocenters. The van der Waals surface area contributed by atoms with Gasteiger partial charge in [0.1, 0.15) is 11.3 Å². The Morgan fingerprint density at radius 1 is 1.58 bits per heavy atom. The number of rotatable bonds is 2. The van der Waals surface area contributed by atoms with Gasteiger partial charge in [0.2, 0.25) is 0 Å². The van der Waals surface area contributed by atoms with Crippen LogP contribution in [0.3, 0.4) is 0 Å². The van der Waals surface area contributed by atoms with Crippen LogP contribution in [0.5, 0.6) is 0 Å². The van der Waals surface area contributed by atoms with E-state index in [1.165, 1.54) is 16.0 Å². The van der Waals surface area contributed by atoms with E-state index < -0.39 is 0 Å². The summed E-state index contributed by atoms with van der Waals surface area (Å²) in [6.45, 7) is 1.92. The van der Waals surface area contributed by atoms with Gasteiger partial charge in [-0.05, 0) is 13.0 Å². The fourth-order valence-electron chi connectivity index (χ4n) is 1.78. The number of hydrogen-bond donors (Lipinski definition) is 2. The van der Waals surface area contributed by atoms with E-state index in [9.17, 15) is 4.79 Å². The zero-order valence-corrected chi connectivity index (χ0v) is 11.8. The average molecular weight is 296 g/mol. The van der Waals surface area contributed by atoms with Crippen molar-refractivity contribution in [1.29, 1.82) is 0 Å². The molecular formula is C11H10ClN5OS. The van der Waals surface area contributed by atoms with Crippen LogP contribution in [0.25, 0.3) is 10.3 Å². The second kappa shape index (κ2) is 4.36. The van der Waals surface area contributed by atoms with E-state index in [-0.39, 0.29) is 11.1 Å². The number of amides is 1. The quantitative estimate of drug-likeness (QED) is 0.763. The number of aryl methyl sites for hydroxylation is 2. The number of aromatic amines is 1. The number of carbonyl (C=O) groups is 1. The minimum atomic E-state index is -0.266. The van der Waals surface area contributed by atoms with E-state index >= 15 is 0 Å². The van der Waals surface area contributed by atoms with Crippen LogP contribution in [0.15, 0.2) is 12.3 Å². The Kier molecular flexibility index (Phi) is 2.79. The highest BCUT2D eigenvalue weighted by atomic mass is 35.5. The van der Waals surface area contributed by atoms with E-state index in [1.807, 2.05) is 6.92 Å². The van der Waals surface area contributed by atoms with Crippen molar-refractivity contribution < 1.29 is 4.79 Å². The number of hydrogen-bond acceptors (Lipinski definition) is 4. The number of nitrogens with one attached hydrogen (secondary N) is 2. The summed E-state index contributed by atoms with van der Waals surface area (Å²) in [5, 5.41) is 7.88. The fourth-order valence-corrected chi connectivity index (χ4v) is 2.82. The predicted octanol–water partition coefficient (Wildman–Crippen LogP) is 2.57. The highest BCUT2D eigenvalue weighted by Crippen LogP contribution is 2.24. The van der Waals surface area contributed by atoms with E-state index in [4.69, 9.17) is 11.6 Å². The normalized spacial score (nSPS) is 11.1. The molecule has 0 saturated heterocycles. The van der Waals surface area contributed by atoms with Crippen molar-refractivity contribution in [2.24, 2.45) is 7.05 Å².